The van der Waals surface area contributed by atoms with Crippen LogP contribution in [0.15, 0.2) is 36.7 Å². The smallest absolute Gasteiger partial charge is 0.225 e. The summed E-state index contributed by atoms with van der Waals surface area (Å²) < 4.78 is 1.82. The number of aromatic nitrogens is 2. The predicted molar refractivity (Wildman–Crippen MR) is 94.5 cm³/mol. The van der Waals surface area contributed by atoms with Crippen LogP contribution in [0.5, 0.6) is 0 Å². The minimum absolute atomic E-state index is 0.0412. The summed E-state index contributed by atoms with van der Waals surface area (Å²) >= 11 is 0. The van der Waals surface area contributed by atoms with Gasteiger partial charge in [-0.3, -0.25) is 14.3 Å². The van der Waals surface area contributed by atoms with Crippen LogP contribution in [0.25, 0.3) is 0 Å². The Morgan fingerprint density at radius 1 is 1.28 bits per heavy atom. The molecule has 3 rings (SSSR count). The van der Waals surface area contributed by atoms with E-state index in [0.29, 0.717) is 19.6 Å². The normalized spacial score (nSPS) is 17.1. The molecule has 0 bridgehead atoms. The summed E-state index contributed by atoms with van der Waals surface area (Å²) in [4.78, 5) is 26.3. The molecule has 2 aromatic rings. The lowest BCUT2D eigenvalue weighted by Crippen LogP contribution is -2.32. The monoisotopic (exact) mass is 340 g/mol. The van der Waals surface area contributed by atoms with Crippen molar-refractivity contribution in [1.82, 2.24) is 20.0 Å². The SMILES string of the molecule is CCn1cc(CNC(=O)[C@H]2CC(=O)N(Cc3ccc(C)cc3)C2)cn1. The van der Waals surface area contributed by atoms with E-state index in [4.69, 9.17) is 0 Å². The van der Waals surface area contributed by atoms with E-state index in [1.165, 1.54) is 5.56 Å². The van der Waals surface area contributed by atoms with E-state index < -0.39 is 0 Å². The number of aryl methyl sites for hydroxylation is 2. The van der Waals surface area contributed by atoms with Gasteiger partial charge in [0.25, 0.3) is 0 Å². The molecule has 0 saturated carbocycles. The second-order valence-corrected chi connectivity index (χ2v) is 6.58. The number of hydrogen-bond donors (Lipinski definition) is 1. The maximum absolute atomic E-state index is 12.4. The van der Waals surface area contributed by atoms with Crippen LogP contribution in [0.2, 0.25) is 0 Å². The Bertz CT molecular complexity index is 751. The van der Waals surface area contributed by atoms with Crippen LogP contribution in [0.1, 0.15) is 30.0 Å². The quantitative estimate of drug-likeness (QED) is 0.873. The molecule has 1 aliphatic heterocycles. The van der Waals surface area contributed by atoms with Crippen molar-refractivity contribution in [2.75, 3.05) is 6.54 Å². The van der Waals surface area contributed by atoms with E-state index in [0.717, 1.165) is 17.7 Å². The van der Waals surface area contributed by atoms with Crippen molar-refractivity contribution in [1.29, 1.82) is 0 Å². The van der Waals surface area contributed by atoms with E-state index in [9.17, 15) is 9.59 Å². The van der Waals surface area contributed by atoms with Crippen molar-refractivity contribution in [3.63, 3.8) is 0 Å². The summed E-state index contributed by atoms with van der Waals surface area (Å²) in [6.07, 6.45) is 3.96. The molecule has 0 unspecified atom stereocenters. The number of benzene rings is 1. The zero-order chi connectivity index (χ0) is 17.8. The van der Waals surface area contributed by atoms with Gasteiger partial charge in [-0.25, -0.2) is 0 Å². The summed E-state index contributed by atoms with van der Waals surface area (Å²) in [7, 11) is 0. The number of likely N-dealkylation sites (tertiary alicyclic amines) is 1. The second kappa shape index (κ2) is 7.51. The number of carbonyl (C=O) groups excluding carboxylic acids is 2. The van der Waals surface area contributed by atoms with E-state index in [1.54, 1.807) is 11.1 Å². The average Bonchev–Trinajstić information content (AvgIpc) is 3.22. The molecule has 6 nitrogen and oxygen atoms in total. The fourth-order valence-corrected chi connectivity index (χ4v) is 3.02. The summed E-state index contributed by atoms with van der Waals surface area (Å²) in [5, 5.41) is 7.11. The topological polar surface area (TPSA) is 67.2 Å². The molecule has 0 spiro atoms. The van der Waals surface area contributed by atoms with Crippen molar-refractivity contribution < 1.29 is 9.59 Å². The lowest BCUT2D eigenvalue weighted by Gasteiger charge is -2.16. The minimum atomic E-state index is -0.279. The number of nitrogens with zero attached hydrogens (tertiary/aromatic N) is 3. The molecular weight excluding hydrogens is 316 g/mol. The van der Waals surface area contributed by atoms with Crippen LogP contribution in [0.4, 0.5) is 0 Å². The van der Waals surface area contributed by atoms with Crippen molar-refractivity contribution in [2.45, 2.75) is 39.9 Å². The van der Waals surface area contributed by atoms with Crippen molar-refractivity contribution >= 4 is 11.8 Å². The molecule has 1 aromatic carbocycles. The molecule has 6 heteroatoms. The Labute approximate surface area is 147 Å². The molecule has 1 fully saturated rings. The minimum Gasteiger partial charge on any atom is -0.352 e. The van der Waals surface area contributed by atoms with Gasteiger partial charge in [-0.05, 0) is 19.4 Å². The van der Waals surface area contributed by atoms with Gasteiger partial charge in [-0.2, -0.15) is 5.10 Å². The molecule has 1 saturated heterocycles. The molecular formula is C19H24N4O2. The molecule has 1 atom stereocenters. The summed E-state index contributed by atoms with van der Waals surface area (Å²) in [5.41, 5.74) is 3.25. The Kier molecular flexibility index (Phi) is 5.16. The zero-order valence-corrected chi connectivity index (χ0v) is 14.7. The first-order valence-electron chi connectivity index (χ1n) is 8.67. The van der Waals surface area contributed by atoms with Gasteiger partial charge in [0.1, 0.15) is 0 Å². The van der Waals surface area contributed by atoms with Gasteiger partial charge in [-0.15, -0.1) is 0 Å². The third kappa shape index (κ3) is 4.26. The van der Waals surface area contributed by atoms with E-state index in [2.05, 4.69) is 10.4 Å². The average molecular weight is 340 g/mol. The highest BCUT2D eigenvalue weighted by atomic mass is 16.2. The number of amides is 2. The maximum Gasteiger partial charge on any atom is 0.225 e. The lowest BCUT2D eigenvalue weighted by molar-refractivity contribution is -0.129. The number of rotatable bonds is 6. The van der Waals surface area contributed by atoms with Crippen LogP contribution >= 0.6 is 0 Å². The first kappa shape index (κ1) is 17.2. The number of hydrogen-bond acceptors (Lipinski definition) is 3. The van der Waals surface area contributed by atoms with Gasteiger partial charge in [0.2, 0.25) is 11.8 Å². The molecule has 1 aliphatic rings. The van der Waals surface area contributed by atoms with Gasteiger partial charge in [-0.1, -0.05) is 29.8 Å². The Morgan fingerprint density at radius 3 is 2.72 bits per heavy atom. The van der Waals surface area contributed by atoms with Crippen LogP contribution in [-0.2, 0) is 29.2 Å². The van der Waals surface area contributed by atoms with Gasteiger partial charge < -0.3 is 10.2 Å². The molecule has 2 heterocycles. The van der Waals surface area contributed by atoms with E-state index >= 15 is 0 Å². The highest BCUT2D eigenvalue weighted by molar-refractivity contribution is 5.89. The first-order chi connectivity index (χ1) is 12.0. The molecule has 1 aromatic heterocycles. The zero-order valence-electron chi connectivity index (χ0n) is 14.7. The van der Waals surface area contributed by atoms with E-state index in [-0.39, 0.29) is 24.2 Å². The lowest BCUT2D eigenvalue weighted by atomic mass is 10.1. The molecule has 0 aliphatic carbocycles. The fraction of sp³-hybridized carbons (Fsp3) is 0.421. The molecule has 1 N–H and O–H groups in total. The van der Waals surface area contributed by atoms with Gasteiger partial charge in [0, 0.05) is 44.4 Å². The van der Waals surface area contributed by atoms with Crippen LogP contribution in [-0.4, -0.2) is 33.0 Å². The fourth-order valence-electron chi connectivity index (χ4n) is 3.02. The first-order valence-corrected chi connectivity index (χ1v) is 8.67. The maximum atomic E-state index is 12.4. The molecule has 132 valence electrons. The summed E-state index contributed by atoms with van der Waals surface area (Å²) in [6, 6.07) is 8.13. The number of carbonyl (C=O) groups is 2. The van der Waals surface area contributed by atoms with Crippen molar-refractivity contribution in [2.24, 2.45) is 5.92 Å². The van der Waals surface area contributed by atoms with Crippen molar-refractivity contribution in [3.8, 4) is 0 Å². The van der Waals surface area contributed by atoms with E-state index in [1.807, 2.05) is 49.0 Å². The van der Waals surface area contributed by atoms with Gasteiger partial charge >= 0.3 is 0 Å². The van der Waals surface area contributed by atoms with Gasteiger partial charge in [0.15, 0.2) is 0 Å². The van der Waals surface area contributed by atoms with Crippen LogP contribution in [0.3, 0.4) is 0 Å². The van der Waals surface area contributed by atoms with Crippen LogP contribution < -0.4 is 5.32 Å². The Morgan fingerprint density at radius 2 is 2.04 bits per heavy atom. The highest BCUT2D eigenvalue weighted by Crippen LogP contribution is 2.20. The standard InChI is InChI=1S/C19H24N4O2/c1-3-23-12-16(10-21-23)9-20-19(25)17-8-18(24)22(13-17)11-15-6-4-14(2)5-7-15/h4-7,10,12,17H,3,8-9,11,13H2,1-2H3,(H,20,25)/t17-/m0/s1. The van der Waals surface area contributed by atoms with Crippen molar-refractivity contribution in [3.05, 3.63) is 53.3 Å². The predicted octanol–water partition coefficient (Wildman–Crippen LogP) is 1.88. The highest BCUT2D eigenvalue weighted by Gasteiger charge is 2.34. The summed E-state index contributed by atoms with van der Waals surface area (Å²) in [6.45, 7) is 6.34. The third-order valence-corrected chi connectivity index (χ3v) is 4.56. The van der Waals surface area contributed by atoms with Gasteiger partial charge in [0.05, 0.1) is 12.1 Å². The molecule has 2 amide bonds. The summed E-state index contributed by atoms with van der Waals surface area (Å²) in [5.74, 6) is -0.303. The molecule has 0 radical (unpaired) electrons. The molecule has 25 heavy (non-hydrogen) atoms. The third-order valence-electron chi connectivity index (χ3n) is 4.56. The second-order valence-electron chi connectivity index (χ2n) is 6.58. The largest absolute Gasteiger partial charge is 0.352 e. The number of nitrogens with one attached hydrogen (secondary N) is 1. The van der Waals surface area contributed by atoms with Crippen LogP contribution in [0, 0.1) is 12.8 Å². The Hall–Kier alpha value is -2.63. The Balaban J connectivity index is 1.52.